The molecule has 0 aliphatic heterocycles. The highest BCUT2D eigenvalue weighted by Crippen LogP contribution is 2.18. The molecule has 3 aromatic carbocycles. The first kappa shape index (κ1) is 25.2. The summed E-state index contributed by atoms with van der Waals surface area (Å²) in [5.74, 6) is 0. The SMILES string of the molecule is CC(CNCc1ccccc1S)(CNCc1ccccc1S)CNCc1ccccc1S. The molecule has 0 spiro atoms. The number of thiol groups is 3. The Labute approximate surface area is 209 Å². The van der Waals surface area contributed by atoms with Gasteiger partial charge in [0, 0.05) is 59.4 Å². The quantitative estimate of drug-likeness (QED) is 0.200. The van der Waals surface area contributed by atoms with E-state index < -0.39 is 0 Å². The first-order valence-corrected chi connectivity index (χ1v) is 12.2. The zero-order valence-electron chi connectivity index (χ0n) is 18.5. The maximum Gasteiger partial charge on any atom is 0.0216 e. The summed E-state index contributed by atoms with van der Waals surface area (Å²) in [6.45, 7) is 7.34. The van der Waals surface area contributed by atoms with Crippen molar-refractivity contribution in [3.8, 4) is 0 Å². The molecule has 0 radical (unpaired) electrons. The summed E-state index contributed by atoms with van der Waals surface area (Å²) in [4.78, 5) is 3.07. The monoisotopic (exact) mass is 483 g/mol. The largest absolute Gasteiger partial charge is 0.312 e. The van der Waals surface area contributed by atoms with E-state index in [1.165, 1.54) is 16.7 Å². The summed E-state index contributed by atoms with van der Waals surface area (Å²) in [6, 6.07) is 24.7. The van der Waals surface area contributed by atoms with Crippen LogP contribution in [0.3, 0.4) is 0 Å². The fraction of sp³-hybridized carbons (Fsp3) is 0.308. The van der Waals surface area contributed by atoms with Crippen molar-refractivity contribution >= 4 is 37.9 Å². The number of rotatable bonds is 12. The van der Waals surface area contributed by atoms with Gasteiger partial charge in [0.15, 0.2) is 0 Å². The van der Waals surface area contributed by atoms with Crippen molar-refractivity contribution in [1.29, 1.82) is 0 Å². The number of benzene rings is 3. The molecule has 0 unspecified atom stereocenters. The van der Waals surface area contributed by atoms with Crippen LogP contribution in [0.25, 0.3) is 0 Å². The lowest BCUT2D eigenvalue weighted by atomic mass is 9.89. The summed E-state index contributed by atoms with van der Waals surface area (Å²) >= 11 is 13.7. The van der Waals surface area contributed by atoms with Gasteiger partial charge in [-0.05, 0) is 34.9 Å². The fourth-order valence-corrected chi connectivity index (χ4v) is 4.38. The van der Waals surface area contributed by atoms with Crippen LogP contribution in [0.5, 0.6) is 0 Å². The molecule has 32 heavy (non-hydrogen) atoms. The van der Waals surface area contributed by atoms with Gasteiger partial charge in [0.1, 0.15) is 0 Å². The number of hydrogen-bond donors (Lipinski definition) is 6. The molecule has 0 atom stereocenters. The minimum atomic E-state index is 0.0165. The molecular weight excluding hydrogens is 451 g/mol. The molecular formula is C26H33N3S3. The molecule has 0 saturated heterocycles. The van der Waals surface area contributed by atoms with Gasteiger partial charge in [-0.1, -0.05) is 61.5 Å². The van der Waals surface area contributed by atoms with Crippen LogP contribution in [-0.2, 0) is 19.6 Å². The molecule has 0 aromatic heterocycles. The Balaban J connectivity index is 1.58. The first-order valence-electron chi connectivity index (χ1n) is 10.9. The van der Waals surface area contributed by atoms with E-state index in [1.54, 1.807) is 0 Å². The Hall–Kier alpha value is -1.41. The van der Waals surface area contributed by atoms with Crippen molar-refractivity contribution in [2.24, 2.45) is 5.41 Å². The Morgan fingerprint density at radius 2 is 0.812 bits per heavy atom. The smallest absolute Gasteiger partial charge is 0.0216 e. The van der Waals surface area contributed by atoms with Crippen LogP contribution in [-0.4, -0.2) is 19.6 Å². The molecule has 0 heterocycles. The van der Waals surface area contributed by atoms with Crippen molar-refractivity contribution in [2.45, 2.75) is 41.2 Å². The zero-order valence-corrected chi connectivity index (χ0v) is 21.2. The van der Waals surface area contributed by atoms with Crippen LogP contribution in [0.15, 0.2) is 87.5 Å². The second kappa shape index (κ2) is 12.7. The lowest BCUT2D eigenvalue weighted by molar-refractivity contribution is 0.271. The number of nitrogens with one attached hydrogen (secondary N) is 3. The van der Waals surface area contributed by atoms with Gasteiger partial charge in [-0.15, -0.1) is 37.9 Å². The van der Waals surface area contributed by atoms with Crippen LogP contribution < -0.4 is 16.0 Å². The highest BCUT2D eigenvalue weighted by Gasteiger charge is 2.23. The van der Waals surface area contributed by atoms with Gasteiger partial charge in [-0.25, -0.2) is 0 Å². The minimum Gasteiger partial charge on any atom is -0.312 e. The molecule has 3 nitrogen and oxygen atoms in total. The minimum absolute atomic E-state index is 0.0165. The predicted octanol–water partition coefficient (Wildman–Crippen LogP) is 5.23. The second-order valence-corrected chi connectivity index (χ2v) is 9.95. The molecule has 0 bridgehead atoms. The highest BCUT2D eigenvalue weighted by molar-refractivity contribution is 7.80. The maximum absolute atomic E-state index is 4.58. The standard InChI is InChI=1S/C26H33N3S3/c1-26(17-27-14-20-8-2-5-11-23(20)30,18-28-15-21-9-3-6-12-24(21)31)19-29-16-22-10-4-7-13-25(22)32/h2-13,27-32H,14-19H2,1H3. The summed E-state index contributed by atoms with van der Waals surface area (Å²) < 4.78 is 0. The van der Waals surface area contributed by atoms with E-state index in [1.807, 2.05) is 36.4 Å². The van der Waals surface area contributed by atoms with Crippen LogP contribution in [0.2, 0.25) is 0 Å². The van der Waals surface area contributed by atoms with E-state index in [2.05, 4.69) is 97.2 Å². The molecule has 170 valence electrons. The van der Waals surface area contributed by atoms with Gasteiger partial charge >= 0.3 is 0 Å². The Bertz CT molecular complexity index is 868. The first-order chi connectivity index (χ1) is 15.5. The van der Waals surface area contributed by atoms with E-state index in [-0.39, 0.29) is 5.41 Å². The fourth-order valence-electron chi connectivity index (χ4n) is 3.67. The van der Waals surface area contributed by atoms with Gasteiger partial charge in [-0.3, -0.25) is 0 Å². The molecule has 3 rings (SSSR count). The third-order valence-corrected chi connectivity index (χ3v) is 6.89. The Morgan fingerprint density at radius 3 is 1.09 bits per heavy atom. The topological polar surface area (TPSA) is 36.1 Å². The molecule has 6 heteroatoms. The predicted molar refractivity (Wildman–Crippen MR) is 144 cm³/mol. The van der Waals surface area contributed by atoms with Crippen LogP contribution >= 0.6 is 37.9 Å². The summed E-state index contributed by atoms with van der Waals surface area (Å²) in [5.41, 5.74) is 3.66. The molecule has 3 N–H and O–H groups in total. The van der Waals surface area contributed by atoms with E-state index in [0.29, 0.717) is 0 Å². The molecule has 0 aliphatic rings. The van der Waals surface area contributed by atoms with E-state index in [9.17, 15) is 0 Å². The molecule has 0 fully saturated rings. The molecule has 0 aliphatic carbocycles. The van der Waals surface area contributed by atoms with Crippen LogP contribution in [0, 0.1) is 5.41 Å². The Morgan fingerprint density at radius 1 is 0.531 bits per heavy atom. The third-order valence-electron chi connectivity index (χ3n) is 5.58. The highest BCUT2D eigenvalue weighted by atomic mass is 32.1. The van der Waals surface area contributed by atoms with E-state index >= 15 is 0 Å². The van der Waals surface area contributed by atoms with Gasteiger partial charge in [0.25, 0.3) is 0 Å². The maximum atomic E-state index is 4.58. The second-order valence-electron chi connectivity index (χ2n) is 8.51. The third kappa shape index (κ3) is 7.87. The van der Waals surface area contributed by atoms with Crippen molar-refractivity contribution in [3.63, 3.8) is 0 Å². The van der Waals surface area contributed by atoms with Crippen LogP contribution in [0.1, 0.15) is 23.6 Å². The molecule has 0 saturated carbocycles. The number of hydrogen-bond acceptors (Lipinski definition) is 6. The van der Waals surface area contributed by atoms with Crippen molar-refractivity contribution in [3.05, 3.63) is 89.5 Å². The summed E-state index contributed by atoms with van der Waals surface area (Å²) in [6.07, 6.45) is 0. The lowest BCUT2D eigenvalue weighted by Gasteiger charge is -2.31. The van der Waals surface area contributed by atoms with Gasteiger partial charge < -0.3 is 16.0 Å². The molecule has 0 amide bonds. The van der Waals surface area contributed by atoms with Crippen molar-refractivity contribution in [1.82, 2.24) is 16.0 Å². The van der Waals surface area contributed by atoms with Gasteiger partial charge in [0.05, 0.1) is 0 Å². The Kier molecular flexibility index (Phi) is 10.0. The average Bonchev–Trinajstić information content (AvgIpc) is 2.78. The van der Waals surface area contributed by atoms with Crippen molar-refractivity contribution < 1.29 is 0 Å². The normalized spacial score (nSPS) is 11.6. The van der Waals surface area contributed by atoms with E-state index in [0.717, 1.165) is 54.0 Å². The zero-order chi connectivity index (χ0) is 22.8. The van der Waals surface area contributed by atoms with E-state index in [4.69, 9.17) is 0 Å². The van der Waals surface area contributed by atoms with Crippen LogP contribution in [0.4, 0.5) is 0 Å². The molecule has 3 aromatic rings. The summed E-state index contributed by atoms with van der Waals surface area (Å²) in [5, 5.41) is 10.9. The lowest BCUT2D eigenvalue weighted by Crippen LogP contribution is -2.46. The summed E-state index contributed by atoms with van der Waals surface area (Å²) in [7, 11) is 0. The van der Waals surface area contributed by atoms with Gasteiger partial charge in [0.2, 0.25) is 0 Å². The average molecular weight is 484 g/mol. The van der Waals surface area contributed by atoms with Crippen molar-refractivity contribution in [2.75, 3.05) is 19.6 Å². The van der Waals surface area contributed by atoms with Gasteiger partial charge in [-0.2, -0.15) is 0 Å².